The summed E-state index contributed by atoms with van der Waals surface area (Å²) in [6.45, 7) is 0. The molecule has 0 aromatic carbocycles. The molecule has 0 aliphatic carbocycles. The van der Waals surface area contributed by atoms with Gasteiger partial charge in [-0.25, -0.2) is 4.79 Å². The fraction of sp³-hybridized carbons (Fsp3) is 0.429. The Balaban J connectivity index is -0.000000327. The molecule has 8 nitrogen and oxygen atoms in total. The van der Waals surface area contributed by atoms with Gasteiger partial charge in [0, 0.05) is 22.4 Å². The molecule has 17 heavy (non-hydrogen) atoms. The van der Waals surface area contributed by atoms with Crippen LogP contribution in [-0.4, -0.2) is 38.8 Å². The van der Waals surface area contributed by atoms with Gasteiger partial charge in [0.15, 0.2) is 0 Å². The molecule has 0 fully saturated rings. The third-order valence-corrected chi connectivity index (χ3v) is 1.50. The minimum Gasteiger partial charge on any atom is -1.00 e. The van der Waals surface area contributed by atoms with Gasteiger partial charge >= 0.3 is 69.3 Å². The van der Waals surface area contributed by atoms with E-state index in [-0.39, 0.29) is 75.2 Å². The molecule has 0 rings (SSSR count). The van der Waals surface area contributed by atoms with Crippen molar-refractivity contribution in [2.45, 2.75) is 18.4 Å². The van der Waals surface area contributed by atoms with Crippen molar-refractivity contribution in [3.63, 3.8) is 0 Å². The molecule has 95 valence electrons. The van der Waals surface area contributed by atoms with Gasteiger partial charge in [-0.3, -0.25) is 9.59 Å². The second kappa shape index (κ2) is 10.0. The Kier molecular flexibility index (Phi) is 13.2. The molecule has 0 aromatic heterocycles. The van der Waals surface area contributed by atoms with Gasteiger partial charge in [0.05, 0.1) is 12.8 Å². The van der Waals surface area contributed by atoms with Crippen LogP contribution in [0.5, 0.6) is 0 Å². The number of carboxylic acids is 3. The first-order valence-corrected chi connectivity index (χ1v) is 3.58. The van der Waals surface area contributed by atoms with Crippen molar-refractivity contribution < 1.29 is 110 Å². The zero-order valence-electron chi connectivity index (χ0n) is 9.64. The van der Waals surface area contributed by atoms with Crippen LogP contribution in [0.2, 0.25) is 0 Å². The van der Waals surface area contributed by atoms with Crippen molar-refractivity contribution in [3.8, 4) is 6.26 Å². The molecule has 0 aliphatic heterocycles. The third kappa shape index (κ3) is 7.90. The van der Waals surface area contributed by atoms with Crippen LogP contribution < -0.4 is 51.4 Å². The van der Waals surface area contributed by atoms with E-state index in [1.165, 1.54) is 0 Å². The van der Waals surface area contributed by atoms with Crippen molar-refractivity contribution in [2.24, 2.45) is 0 Å². The smallest absolute Gasteiger partial charge is 1.00 e. The van der Waals surface area contributed by atoms with E-state index in [1.807, 2.05) is 0 Å². The fourth-order valence-electron chi connectivity index (χ4n) is 0.905. The van der Waals surface area contributed by atoms with Crippen LogP contribution in [0.25, 0.3) is 0 Å². The number of carboxylic acid groups (broad SMARTS) is 3. The van der Waals surface area contributed by atoms with E-state index in [0.717, 1.165) is 6.26 Å². The number of ether oxygens (including phenoxy) is 1. The molecular weight excluding hydrogens is 446 g/mol. The van der Waals surface area contributed by atoms with Crippen molar-refractivity contribution in [3.05, 3.63) is 0 Å². The fourth-order valence-corrected chi connectivity index (χ4v) is 0.905. The Morgan fingerprint density at radius 2 is 1.53 bits per heavy atom. The number of rotatable bonds is 6. The van der Waals surface area contributed by atoms with Crippen molar-refractivity contribution in [1.82, 2.24) is 0 Å². The topological polar surface area (TPSA) is 145 Å². The van der Waals surface area contributed by atoms with Crippen molar-refractivity contribution in [2.75, 3.05) is 0 Å². The van der Waals surface area contributed by atoms with Gasteiger partial charge in [-0.2, -0.15) is 5.26 Å². The van der Waals surface area contributed by atoms with E-state index in [4.69, 9.17) is 20.6 Å². The molecule has 0 heterocycles. The average Bonchev–Trinajstić information content (AvgIpc) is 2.01. The summed E-state index contributed by atoms with van der Waals surface area (Å²) < 4.78 is 4.06. The van der Waals surface area contributed by atoms with Gasteiger partial charge in [0.25, 0.3) is 6.26 Å². The number of aliphatic carboxylic acids is 3. The first kappa shape index (κ1) is 22.3. The SMILES string of the molecule is N#COC(CC(=O)O)(CC(=O)O)C(=O)O.[Au].[H-].[K+]. The van der Waals surface area contributed by atoms with Gasteiger partial charge in [0.2, 0.25) is 5.60 Å². The molecule has 0 saturated heterocycles. The van der Waals surface area contributed by atoms with Gasteiger partial charge < -0.3 is 21.5 Å². The van der Waals surface area contributed by atoms with Crippen molar-refractivity contribution >= 4 is 17.9 Å². The van der Waals surface area contributed by atoms with E-state index in [1.54, 1.807) is 0 Å². The Morgan fingerprint density at radius 1 is 1.18 bits per heavy atom. The van der Waals surface area contributed by atoms with E-state index in [9.17, 15) is 14.4 Å². The monoisotopic (exact) mass is 454 g/mol. The van der Waals surface area contributed by atoms with E-state index in [0.29, 0.717) is 0 Å². The Morgan fingerprint density at radius 3 is 1.71 bits per heavy atom. The van der Waals surface area contributed by atoms with Crippen LogP contribution in [-0.2, 0) is 41.5 Å². The summed E-state index contributed by atoms with van der Waals surface area (Å²) in [5, 5.41) is 33.6. The second-order valence-corrected chi connectivity index (χ2v) is 2.63. The summed E-state index contributed by atoms with van der Waals surface area (Å²) in [7, 11) is 0. The summed E-state index contributed by atoms with van der Waals surface area (Å²) in [6, 6.07) is 0. The van der Waals surface area contributed by atoms with Gasteiger partial charge in [-0.05, 0) is 0 Å². The molecule has 0 saturated carbocycles. The summed E-state index contributed by atoms with van der Waals surface area (Å²) in [4.78, 5) is 31.3. The zero-order valence-corrected chi connectivity index (χ0v) is 13.9. The maximum absolute atomic E-state index is 10.7. The largest absolute Gasteiger partial charge is 1.00 e. The molecule has 0 aliphatic rings. The van der Waals surface area contributed by atoms with Gasteiger partial charge in [-0.1, -0.05) is 0 Å². The Hall–Kier alpha value is 0.0766. The second-order valence-electron chi connectivity index (χ2n) is 2.63. The predicted octanol–water partition coefficient (Wildman–Crippen LogP) is -3.63. The molecular formula is C7H8AuKNO7. The maximum atomic E-state index is 10.7. The summed E-state index contributed by atoms with van der Waals surface area (Å²) in [5.41, 5.74) is -2.55. The molecule has 0 spiro atoms. The van der Waals surface area contributed by atoms with Crippen LogP contribution in [0.4, 0.5) is 0 Å². The molecule has 0 bridgehead atoms. The average molecular weight is 454 g/mol. The minimum absolute atomic E-state index is 0. The zero-order chi connectivity index (χ0) is 12.1. The third-order valence-electron chi connectivity index (χ3n) is 1.50. The maximum Gasteiger partial charge on any atom is 1.00 e. The van der Waals surface area contributed by atoms with Gasteiger partial charge in [0.1, 0.15) is 0 Å². The van der Waals surface area contributed by atoms with Crippen molar-refractivity contribution in [1.29, 1.82) is 5.26 Å². The number of hydrogen-bond donors (Lipinski definition) is 3. The number of nitrogens with zero attached hydrogens (tertiary/aromatic N) is 1. The molecule has 1 radical (unpaired) electrons. The number of hydrogen-bond acceptors (Lipinski definition) is 5. The molecule has 0 unspecified atom stereocenters. The summed E-state index contributed by atoms with van der Waals surface area (Å²) in [6.07, 6.45) is -1.22. The van der Waals surface area contributed by atoms with Crippen LogP contribution in [0.1, 0.15) is 14.3 Å². The summed E-state index contributed by atoms with van der Waals surface area (Å²) in [5.74, 6) is -4.96. The minimum atomic E-state index is -2.55. The first-order chi connectivity index (χ1) is 6.84. The standard InChI is InChI=1S/C7H7NO7.Au.K.H/c8-3-15-7(6(13)14,1-4(9)10)2-5(11)12;;;/h1-2H2,(H,9,10)(H,11,12)(H,13,14);;;/q;;+1;-1. The Labute approximate surface area is 155 Å². The molecule has 3 N–H and O–H groups in total. The molecule has 10 heteroatoms. The van der Waals surface area contributed by atoms with Gasteiger partial charge in [-0.15, -0.1) is 0 Å². The van der Waals surface area contributed by atoms with E-state index in [2.05, 4.69) is 4.74 Å². The quantitative estimate of drug-likeness (QED) is 0.276. The number of nitriles is 1. The summed E-state index contributed by atoms with van der Waals surface area (Å²) >= 11 is 0. The van der Waals surface area contributed by atoms with E-state index >= 15 is 0 Å². The van der Waals surface area contributed by atoms with Crippen LogP contribution >= 0.6 is 0 Å². The predicted molar refractivity (Wildman–Crippen MR) is 42.7 cm³/mol. The molecule has 0 atom stereocenters. The normalized spacial score (nSPS) is 8.88. The van der Waals surface area contributed by atoms with Crippen LogP contribution in [0.15, 0.2) is 0 Å². The van der Waals surface area contributed by atoms with E-state index < -0.39 is 36.4 Å². The molecule has 0 aromatic rings. The Bertz CT molecular complexity index is 329. The first-order valence-electron chi connectivity index (χ1n) is 3.58. The van der Waals surface area contributed by atoms with Crippen LogP contribution in [0.3, 0.4) is 0 Å². The molecule has 0 amide bonds. The van der Waals surface area contributed by atoms with Crippen LogP contribution in [0, 0.1) is 11.5 Å². The number of carbonyl (C=O) groups is 3.